The number of nitrogens with two attached hydrogens (primary N) is 1. The second-order valence-electron chi connectivity index (χ2n) is 12.6. The number of amides is 3. The first kappa shape index (κ1) is 33.9. The molecular formula is C37H42N6O5. The quantitative estimate of drug-likeness (QED) is 0.0909. The number of aromatic nitrogens is 2. The van der Waals surface area contributed by atoms with E-state index in [1.54, 1.807) is 36.7 Å². The van der Waals surface area contributed by atoms with E-state index in [1.165, 1.54) is 0 Å². The van der Waals surface area contributed by atoms with Gasteiger partial charge in [0.05, 0.1) is 6.04 Å². The lowest BCUT2D eigenvalue weighted by molar-refractivity contribution is -0.142. The third kappa shape index (κ3) is 8.48. The Hall–Kier alpha value is -5.42. The standard InChI is InChI=1S/C37H42N6O5/c1-22(2)16-28(38)34(44)41-31(18-24-20-39-29-14-8-6-12-26(24)29)35(45)42-32(19-25-21-40-30-15-9-7-13-27(25)30)36(46)43-33(37(47)48)17-23-10-4-3-5-11-23/h3-15,20-22,28,31-33,39-40H,16-19,38H2,1-2H3,(H,41,44)(H,42,45)(H,43,46)(H,47,48). The van der Waals surface area contributed by atoms with Gasteiger partial charge >= 0.3 is 5.97 Å². The summed E-state index contributed by atoms with van der Waals surface area (Å²) in [4.78, 5) is 59.9. The van der Waals surface area contributed by atoms with E-state index < -0.39 is 47.9 Å². The number of hydrogen-bond acceptors (Lipinski definition) is 5. The molecule has 5 aromatic rings. The predicted molar refractivity (Wildman–Crippen MR) is 185 cm³/mol. The first-order valence-electron chi connectivity index (χ1n) is 16.1. The van der Waals surface area contributed by atoms with Crippen molar-refractivity contribution in [3.05, 3.63) is 108 Å². The second kappa shape index (κ2) is 15.4. The van der Waals surface area contributed by atoms with Crippen molar-refractivity contribution in [2.75, 3.05) is 0 Å². The molecule has 11 nitrogen and oxygen atoms in total. The number of nitrogens with one attached hydrogen (secondary N) is 5. The van der Waals surface area contributed by atoms with Gasteiger partial charge in [0, 0.05) is 53.5 Å². The highest BCUT2D eigenvalue weighted by atomic mass is 16.4. The molecule has 0 spiro atoms. The lowest BCUT2D eigenvalue weighted by atomic mass is 10.00. The number of fused-ring (bicyclic) bond motifs is 2. The number of aromatic amines is 2. The fourth-order valence-electron chi connectivity index (χ4n) is 5.95. The average Bonchev–Trinajstić information content (AvgIpc) is 3.67. The van der Waals surface area contributed by atoms with E-state index in [1.807, 2.05) is 68.4 Å². The van der Waals surface area contributed by atoms with E-state index in [9.17, 15) is 24.3 Å². The van der Waals surface area contributed by atoms with Crippen LogP contribution in [0.5, 0.6) is 0 Å². The van der Waals surface area contributed by atoms with Crippen molar-refractivity contribution < 1.29 is 24.3 Å². The monoisotopic (exact) mass is 650 g/mol. The molecule has 4 unspecified atom stereocenters. The normalized spacial score (nSPS) is 13.9. The summed E-state index contributed by atoms with van der Waals surface area (Å²) in [5.41, 5.74) is 10.2. The maximum atomic E-state index is 14.1. The minimum atomic E-state index is -1.24. The van der Waals surface area contributed by atoms with E-state index in [2.05, 4.69) is 25.9 Å². The van der Waals surface area contributed by atoms with Crippen molar-refractivity contribution in [3.63, 3.8) is 0 Å². The third-order valence-electron chi connectivity index (χ3n) is 8.42. The summed E-state index contributed by atoms with van der Waals surface area (Å²) in [5.74, 6) is -2.77. The number of carboxylic acid groups (broad SMARTS) is 1. The van der Waals surface area contributed by atoms with Crippen molar-refractivity contribution >= 4 is 45.5 Å². The van der Waals surface area contributed by atoms with Gasteiger partial charge < -0.3 is 36.8 Å². The first-order chi connectivity index (χ1) is 23.1. The predicted octanol–water partition coefficient (Wildman–Crippen LogP) is 3.59. The van der Waals surface area contributed by atoms with Crippen LogP contribution in [-0.2, 0) is 38.4 Å². The Kier molecular flexibility index (Phi) is 10.9. The topological polar surface area (TPSA) is 182 Å². The number of H-pyrrole nitrogens is 2. The zero-order valence-corrected chi connectivity index (χ0v) is 27.0. The van der Waals surface area contributed by atoms with Crippen LogP contribution in [-0.4, -0.2) is 62.9 Å². The first-order valence-corrected chi connectivity index (χ1v) is 16.1. The van der Waals surface area contributed by atoms with Crippen LogP contribution in [0.4, 0.5) is 0 Å². The Labute approximate surface area is 278 Å². The van der Waals surface area contributed by atoms with E-state index >= 15 is 0 Å². The van der Waals surface area contributed by atoms with Gasteiger partial charge in [-0.1, -0.05) is 80.6 Å². The van der Waals surface area contributed by atoms with Gasteiger partial charge in [-0.3, -0.25) is 14.4 Å². The maximum Gasteiger partial charge on any atom is 0.326 e. The number of carboxylic acids is 1. The van der Waals surface area contributed by atoms with Crippen molar-refractivity contribution in [1.82, 2.24) is 25.9 Å². The molecule has 3 aromatic carbocycles. The molecule has 3 amide bonds. The van der Waals surface area contributed by atoms with Gasteiger partial charge in [-0.2, -0.15) is 0 Å². The van der Waals surface area contributed by atoms with E-state index in [0.29, 0.717) is 6.42 Å². The summed E-state index contributed by atoms with van der Waals surface area (Å²) >= 11 is 0. The average molecular weight is 651 g/mol. The molecule has 5 rings (SSSR count). The van der Waals surface area contributed by atoms with Crippen LogP contribution < -0.4 is 21.7 Å². The van der Waals surface area contributed by atoms with E-state index in [0.717, 1.165) is 38.5 Å². The van der Waals surface area contributed by atoms with Gasteiger partial charge in [-0.25, -0.2) is 4.79 Å². The summed E-state index contributed by atoms with van der Waals surface area (Å²) in [6, 6.07) is 19.9. The Bertz CT molecular complexity index is 1880. The molecule has 0 radical (unpaired) electrons. The molecule has 0 saturated carbocycles. The molecule has 2 aromatic heterocycles. The molecule has 11 heteroatoms. The fraction of sp³-hybridized carbons (Fsp3) is 0.297. The Morgan fingerprint density at radius 3 is 1.60 bits per heavy atom. The number of rotatable bonds is 15. The van der Waals surface area contributed by atoms with Crippen molar-refractivity contribution in [2.45, 2.75) is 63.7 Å². The summed E-state index contributed by atoms with van der Waals surface area (Å²) in [6.45, 7) is 3.92. The molecule has 48 heavy (non-hydrogen) atoms. The van der Waals surface area contributed by atoms with Crippen LogP contribution in [0.1, 0.15) is 37.0 Å². The molecule has 0 aliphatic carbocycles. The SMILES string of the molecule is CC(C)CC(N)C(=O)NC(Cc1c[nH]c2ccccc12)C(=O)NC(Cc1c[nH]c2ccccc12)C(=O)NC(Cc1ccccc1)C(=O)O. The lowest BCUT2D eigenvalue weighted by Gasteiger charge is -2.25. The molecule has 8 N–H and O–H groups in total. The van der Waals surface area contributed by atoms with E-state index in [-0.39, 0.29) is 25.2 Å². The highest BCUT2D eigenvalue weighted by molar-refractivity contribution is 5.95. The fourth-order valence-corrected chi connectivity index (χ4v) is 5.95. The zero-order valence-electron chi connectivity index (χ0n) is 27.0. The smallest absolute Gasteiger partial charge is 0.326 e. The third-order valence-corrected chi connectivity index (χ3v) is 8.42. The van der Waals surface area contributed by atoms with Gasteiger partial charge in [0.2, 0.25) is 17.7 Å². The van der Waals surface area contributed by atoms with E-state index in [4.69, 9.17) is 5.73 Å². The summed E-state index contributed by atoms with van der Waals surface area (Å²) in [6.07, 6.45) is 4.25. The molecule has 0 fully saturated rings. The van der Waals surface area contributed by atoms with Crippen molar-refractivity contribution in [1.29, 1.82) is 0 Å². The van der Waals surface area contributed by atoms with Crippen LogP contribution in [0.3, 0.4) is 0 Å². The Morgan fingerprint density at radius 1 is 0.646 bits per heavy atom. The number of para-hydroxylation sites is 2. The minimum absolute atomic E-state index is 0.0582. The highest BCUT2D eigenvalue weighted by Gasteiger charge is 2.32. The minimum Gasteiger partial charge on any atom is -0.480 e. The highest BCUT2D eigenvalue weighted by Crippen LogP contribution is 2.21. The Morgan fingerprint density at radius 2 is 1.10 bits per heavy atom. The van der Waals surface area contributed by atoms with Gasteiger partial charge in [0.15, 0.2) is 0 Å². The Balaban J connectivity index is 1.43. The number of aliphatic carboxylic acids is 1. The number of benzene rings is 3. The number of hydrogen-bond donors (Lipinski definition) is 7. The van der Waals surface area contributed by atoms with Crippen LogP contribution in [0.2, 0.25) is 0 Å². The van der Waals surface area contributed by atoms with Crippen LogP contribution in [0, 0.1) is 5.92 Å². The largest absolute Gasteiger partial charge is 0.480 e. The summed E-state index contributed by atoms with van der Waals surface area (Å²) in [7, 11) is 0. The molecule has 2 heterocycles. The van der Waals surface area contributed by atoms with Crippen molar-refractivity contribution in [3.8, 4) is 0 Å². The second-order valence-corrected chi connectivity index (χ2v) is 12.6. The van der Waals surface area contributed by atoms with Crippen LogP contribution in [0.25, 0.3) is 21.8 Å². The van der Waals surface area contributed by atoms with Gasteiger partial charge in [-0.05, 0) is 41.2 Å². The number of carbonyl (C=O) groups excluding carboxylic acids is 3. The van der Waals surface area contributed by atoms with Gasteiger partial charge in [-0.15, -0.1) is 0 Å². The van der Waals surface area contributed by atoms with Crippen LogP contribution >= 0.6 is 0 Å². The van der Waals surface area contributed by atoms with Gasteiger partial charge in [0.25, 0.3) is 0 Å². The molecule has 4 atom stereocenters. The maximum absolute atomic E-state index is 14.1. The summed E-state index contributed by atoms with van der Waals surface area (Å²) in [5, 5.41) is 20.1. The zero-order chi connectivity index (χ0) is 34.2. The molecule has 250 valence electrons. The van der Waals surface area contributed by atoms with Crippen LogP contribution in [0.15, 0.2) is 91.3 Å². The molecule has 0 saturated heterocycles. The molecule has 0 aliphatic heterocycles. The number of carbonyl (C=O) groups is 4. The van der Waals surface area contributed by atoms with Gasteiger partial charge in [0.1, 0.15) is 18.1 Å². The molecule has 0 aliphatic rings. The van der Waals surface area contributed by atoms with Crippen molar-refractivity contribution in [2.24, 2.45) is 11.7 Å². The molecule has 0 bridgehead atoms. The summed E-state index contributed by atoms with van der Waals surface area (Å²) < 4.78 is 0. The lowest BCUT2D eigenvalue weighted by Crippen LogP contribution is -2.58. The molecular weight excluding hydrogens is 608 g/mol.